The zero-order chi connectivity index (χ0) is 19.8. The number of likely N-dealkylation sites (N-methyl/N-ethyl adjacent to an activating group) is 1. The molecule has 0 spiro atoms. The molecule has 1 aliphatic heterocycles. The molecule has 2 aromatic carbocycles. The maximum Gasteiger partial charge on any atom is 0.264 e. The minimum atomic E-state index is -1.92. The van der Waals surface area contributed by atoms with Crippen LogP contribution in [0.3, 0.4) is 0 Å². The number of methoxy groups -OCH3 is 2. The molecular formula is C20H20BrNO5. The molecule has 27 heavy (non-hydrogen) atoms. The molecule has 3 rings (SSSR count). The second-order valence-electron chi connectivity index (χ2n) is 6.24. The number of nitrogens with zero attached hydrogens (tertiary/aromatic N) is 1. The van der Waals surface area contributed by atoms with Crippen LogP contribution in [0.25, 0.3) is 0 Å². The van der Waals surface area contributed by atoms with Gasteiger partial charge in [0.15, 0.2) is 11.4 Å². The van der Waals surface area contributed by atoms with Gasteiger partial charge in [0.05, 0.1) is 31.9 Å². The normalized spacial score (nSPS) is 18.4. The first-order chi connectivity index (χ1) is 12.8. The lowest BCUT2D eigenvalue weighted by atomic mass is 9.88. The molecule has 0 saturated heterocycles. The van der Waals surface area contributed by atoms with Crippen LogP contribution in [0.2, 0.25) is 0 Å². The largest absolute Gasteiger partial charge is 0.497 e. The van der Waals surface area contributed by atoms with Crippen molar-refractivity contribution < 1.29 is 24.2 Å². The average molecular weight is 434 g/mol. The molecule has 0 fully saturated rings. The number of hydrogen-bond donors (Lipinski definition) is 1. The molecule has 0 aliphatic carbocycles. The molecule has 0 radical (unpaired) electrons. The summed E-state index contributed by atoms with van der Waals surface area (Å²) in [5.41, 5.74) is -0.602. The van der Waals surface area contributed by atoms with Crippen molar-refractivity contribution >= 4 is 33.3 Å². The van der Waals surface area contributed by atoms with Crippen LogP contribution >= 0.6 is 15.9 Å². The summed E-state index contributed by atoms with van der Waals surface area (Å²) in [6, 6.07) is 10.0. The highest BCUT2D eigenvalue weighted by Crippen LogP contribution is 2.44. The standard InChI is InChI=1S/C20H20BrNO5/c1-4-22-16-8-5-12(21)9-15(16)20(25,19(22)24)11-17(23)14-7-6-13(26-2)10-18(14)27-3/h5-10,25H,4,11H2,1-3H3. The quantitative estimate of drug-likeness (QED) is 0.707. The van der Waals surface area contributed by atoms with Crippen molar-refractivity contribution in [3.63, 3.8) is 0 Å². The number of amides is 1. The van der Waals surface area contributed by atoms with Crippen LogP contribution in [0.1, 0.15) is 29.3 Å². The summed E-state index contributed by atoms with van der Waals surface area (Å²) < 4.78 is 11.1. The van der Waals surface area contributed by atoms with Crippen LogP contribution in [-0.4, -0.2) is 37.6 Å². The molecule has 0 bridgehead atoms. The van der Waals surface area contributed by atoms with Crippen molar-refractivity contribution in [2.45, 2.75) is 18.9 Å². The number of halogens is 1. The number of carbonyl (C=O) groups excluding carboxylic acids is 2. The summed E-state index contributed by atoms with van der Waals surface area (Å²) in [7, 11) is 2.97. The Morgan fingerprint density at radius 3 is 2.56 bits per heavy atom. The van der Waals surface area contributed by atoms with Gasteiger partial charge in [0.2, 0.25) is 0 Å². The molecule has 1 N–H and O–H groups in total. The first-order valence-corrected chi connectivity index (χ1v) is 9.24. The monoisotopic (exact) mass is 433 g/mol. The van der Waals surface area contributed by atoms with Crippen molar-refractivity contribution in [3.8, 4) is 11.5 Å². The van der Waals surface area contributed by atoms with E-state index < -0.39 is 17.3 Å². The number of rotatable bonds is 6. The molecular weight excluding hydrogens is 414 g/mol. The van der Waals surface area contributed by atoms with E-state index >= 15 is 0 Å². The van der Waals surface area contributed by atoms with Gasteiger partial charge in [0.1, 0.15) is 11.5 Å². The van der Waals surface area contributed by atoms with Crippen molar-refractivity contribution in [2.75, 3.05) is 25.7 Å². The minimum Gasteiger partial charge on any atom is -0.497 e. The number of carbonyl (C=O) groups is 2. The van der Waals surface area contributed by atoms with Gasteiger partial charge in [-0.3, -0.25) is 9.59 Å². The molecule has 142 valence electrons. The van der Waals surface area contributed by atoms with Gasteiger partial charge in [-0.25, -0.2) is 0 Å². The summed E-state index contributed by atoms with van der Waals surface area (Å²) in [6.07, 6.45) is -0.380. The van der Waals surface area contributed by atoms with Gasteiger partial charge in [-0.2, -0.15) is 0 Å². The molecule has 2 aromatic rings. The lowest BCUT2D eigenvalue weighted by Crippen LogP contribution is -2.41. The van der Waals surface area contributed by atoms with Crippen LogP contribution < -0.4 is 14.4 Å². The minimum absolute atomic E-state index is 0.283. The Labute approximate surface area is 165 Å². The van der Waals surface area contributed by atoms with Crippen LogP contribution in [0.4, 0.5) is 5.69 Å². The molecule has 1 amide bonds. The second-order valence-corrected chi connectivity index (χ2v) is 7.15. The number of anilines is 1. The molecule has 0 aromatic heterocycles. The number of benzene rings is 2. The highest BCUT2D eigenvalue weighted by atomic mass is 79.9. The molecule has 1 atom stereocenters. The van der Waals surface area contributed by atoms with Gasteiger partial charge in [0, 0.05) is 22.6 Å². The Hall–Kier alpha value is -2.38. The molecule has 6 nitrogen and oxygen atoms in total. The fourth-order valence-electron chi connectivity index (χ4n) is 3.36. The number of aliphatic hydroxyl groups is 1. The third-order valence-corrected chi connectivity index (χ3v) is 5.23. The predicted octanol–water partition coefficient (Wildman–Crippen LogP) is 3.29. The summed E-state index contributed by atoms with van der Waals surface area (Å²) >= 11 is 3.37. The Morgan fingerprint density at radius 1 is 1.19 bits per heavy atom. The van der Waals surface area contributed by atoms with Crippen LogP contribution in [0.5, 0.6) is 11.5 Å². The lowest BCUT2D eigenvalue weighted by molar-refractivity contribution is -0.135. The highest BCUT2D eigenvalue weighted by Gasteiger charge is 2.50. The predicted molar refractivity (Wildman–Crippen MR) is 105 cm³/mol. The zero-order valence-corrected chi connectivity index (χ0v) is 16.9. The van der Waals surface area contributed by atoms with Crippen molar-refractivity contribution in [2.24, 2.45) is 0 Å². The maximum absolute atomic E-state index is 13.0. The summed E-state index contributed by atoms with van der Waals surface area (Å²) in [4.78, 5) is 27.3. The van der Waals surface area contributed by atoms with Crippen molar-refractivity contribution in [1.82, 2.24) is 0 Å². The third-order valence-electron chi connectivity index (χ3n) is 4.74. The van der Waals surface area contributed by atoms with Gasteiger partial charge in [-0.1, -0.05) is 15.9 Å². The Balaban J connectivity index is 2.01. The molecule has 0 saturated carbocycles. The molecule has 7 heteroatoms. The first-order valence-electron chi connectivity index (χ1n) is 8.45. The first kappa shape index (κ1) is 19.4. The van der Waals surface area contributed by atoms with Crippen molar-refractivity contribution in [1.29, 1.82) is 0 Å². The van der Waals surface area contributed by atoms with Gasteiger partial charge >= 0.3 is 0 Å². The van der Waals surface area contributed by atoms with E-state index in [1.165, 1.54) is 19.1 Å². The summed E-state index contributed by atoms with van der Waals surface area (Å²) in [5, 5.41) is 11.2. The fourth-order valence-corrected chi connectivity index (χ4v) is 3.73. The van der Waals surface area contributed by atoms with Crippen molar-refractivity contribution in [3.05, 3.63) is 52.0 Å². The van der Waals surface area contributed by atoms with E-state index in [4.69, 9.17) is 9.47 Å². The van der Waals surface area contributed by atoms with Crippen LogP contribution in [0, 0.1) is 0 Å². The molecule has 1 aliphatic rings. The Morgan fingerprint density at radius 2 is 1.93 bits per heavy atom. The van der Waals surface area contributed by atoms with E-state index in [2.05, 4.69) is 15.9 Å². The number of Topliss-reactive ketones (excluding diaryl/α,β-unsaturated/α-hetero) is 1. The van der Waals surface area contributed by atoms with Gasteiger partial charge < -0.3 is 19.5 Å². The van der Waals surface area contributed by atoms with E-state index in [1.54, 1.807) is 36.4 Å². The van der Waals surface area contributed by atoms with E-state index in [0.717, 1.165) is 4.47 Å². The number of hydrogen-bond acceptors (Lipinski definition) is 5. The summed E-state index contributed by atoms with van der Waals surface area (Å²) in [5.74, 6) is -0.0196. The zero-order valence-electron chi connectivity index (χ0n) is 15.3. The third kappa shape index (κ3) is 3.21. The SMILES string of the molecule is CCN1C(=O)C(O)(CC(=O)c2ccc(OC)cc2OC)c2cc(Br)ccc21. The molecule has 1 heterocycles. The fraction of sp³-hybridized carbons (Fsp3) is 0.300. The number of fused-ring (bicyclic) bond motifs is 1. The maximum atomic E-state index is 13.0. The number of ketones is 1. The van der Waals surface area contributed by atoms with Gasteiger partial charge in [-0.15, -0.1) is 0 Å². The molecule has 1 unspecified atom stereocenters. The van der Waals surface area contributed by atoms with E-state index in [9.17, 15) is 14.7 Å². The smallest absolute Gasteiger partial charge is 0.264 e. The van der Waals surface area contributed by atoms with E-state index in [-0.39, 0.29) is 12.0 Å². The lowest BCUT2D eigenvalue weighted by Gasteiger charge is -2.22. The van der Waals surface area contributed by atoms with E-state index in [0.29, 0.717) is 29.3 Å². The average Bonchev–Trinajstić information content (AvgIpc) is 2.87. The van der Waals surface area contributed by atoms with Crippen LogP contribution in [0.15, 0.2) is 40.9 Å². The number of ether oxygens (including phenoxy) is 2. The Bertz CT molecular complexity index is 913. The Kier molecular flexibility index (Phi) is 5.26. The van der Waals surface area contributed by atoms with Crippen LogP contribution in [-0.2, 0) is 10.4 Å². The van der Waals surface area contributed by atoms with Gasteiger partial charge in [-0.05, 0) is 37.3 Å². The highest BCUT2D eigenvalue weighted by molar-refractivity contribution is 9.10. The second kappa shape index (κ2) is 7.32. The topological polar surface area (TPSA) is 76.1 Å². The van der Waals surface area contributed by atoms with E-state index in [1.807, 2.05) is 6.92 Å². The van der Waals surface area contributed by atoms with Gasteiger partial charge in [0.25, 0.3) is 5.91 Å². The summed E-state index contributed by atoms with van der Waals surface area (Å²) in [6.45, 7) is 2.22.